The maximum atomic E-state index is 12.7. The number of hydrogen-bond donors (Lipinski definition) is 1. The monoisotopic (exact) mass is 476 g/mol. The lowest BCUT2D eigenvalue weighted by Gasteiger charge is -2.15. The zero-order valence-electron chi connectivity index (χ0n) is 16.3. The molecule has 0 atom stereocenters. The van der Waals surface area contributed by atoms with Gasteiger partial charge in [0, 0.05) is 10.6 Å². The smallest absolute Gasteiger partial charge is 0.344 e. The predicted molar refractivity (Wildman–Crippen MR) is 123 cm³/mol. The number of rotatable bonds is 7. The molecule has 31 heavy (non-hydrogen) atoms. The molecular weight excluding hydrogens is 460 g/mol. The first kappa shape index (κ1) is 22.8. The summed E-state index contributed by atoms with van der Waals surface area (Å²) in [5.41, 5.74) is 3.59. The number of benzene rings is 2. The second kappa shape index (κ2) is 10.4. The lowest BCUT2D eigenvalue weighted by Crippen LogP contribution is -2.44. The van der Waals surface area contributed by atoms with E-state index in [2.05, 4.69) is 5.43 Å². The van der Waals surface area contributed by atoms with E-state index in [1.165, 1.54) is 0 Å². The third kappa shape index (κ3) is 6.06. The second-order valence-corrected chi connectivity index (χ2v) is 8.24. The molecule has 7 nitrogen and oxygen atoms in total. The molecule has 0 bridgehead atoms. The van der Waals surface area contributed by atoms with E-state index in [4.69, 9.17) is 33.3 Å². The van der Waals surface area contributed by atoms with Gasteiger partial charge in [0.05, 0.1) is 11.5 Å². The number of carbonyl (C=O) groups excluding carboxylic acids is 3. The number of esters is 1. The third-order valence-electron chi connectivity index (χ3n) is 3.95. The van der Waals surface area contributed by atoms with Crippen molar-refractivity contribution in [3.8, 4) is 5.75 Å². The molecular formula is C21H17ClN2O5S2. The van der Waals surface area contributed by atoms with Crippen molar-refractivity contribution >= 4 is 63.8 Å². The molecule has 0 spiro atoms. The maximum Gasteiger partial charge on any atom is 0.344 e. The highest BCUT2D eigenvalue weighted by Gasteiger charge is 2.33. The van der Waals surface area contributed by atoms with Crippen LogP contribution in [0.4, 0.5) is 0 Å². The molecule has 2 amide bonds. The first-order valence-electron chi connectivity index (χ1n) is 9.10. The Hall–Kier alpha value is -2.88. The summed E-state index contributed by atoms with van der Waals surface area (Å²) in [5.74, 6) is -0.860. The average Bonchev–Trinajstić information content (AvgIpc) is 3.01. The number of hydrazine groups is 1. The van der Waals surface area contributed by atoms with E-state index in [-0.39, 0.29) is 10.9 Å². The number of thioether (sulfide) groups is 1. The second-order valence-electron chi connectivity index (χ2n) is 6.13. The molecule has 1 aliphatic heterocycles. The number of carbonyl (C=O) groups is 3. The van der Waals surface area contributed by atoms with Gasteiger partial charge in [-0.05, 0) is 67.2 Å². The summed E-state index contributed by atoms with van der Waals surface area (Å²) in [6.45, 7) is 1.83. The number of nitrogens with one attached hydrogen (secondary N) is 1. The van der Waals surface area contributed by atoms with Crippen LogP contribution in [0.25, 0.3) is 6.08 Å². The number of thiocarbonyl (C=S) groups is 1. The van der Waals surface area contributed by atoms with E-state index >= 15 is 0 Å². The molecule has 0 saturated carbocycles. The van der Waals surface area contributed by atoms with Gasteiger partial charge in [-0.1, -0.05) is 35.5 Å². The topological polar surface area (TPSA) is 84.9 Å². The molecule has 0 unspecified atom stereocenters. The molecule has 10 heteroatoms. The van der Waals surface area contributed by atoms with Gasteiger partial charge in [-0.2, -0.15) is 5.01 Å². The van der Waals surface area contributed by atoms with Crippen LogP contribution in [-0.4, -0.2) is 40.3 Å². The van der Waals surface area contributed by atoms with Crippen LogP contribution in [0.2, 0.25) is 5.02 Å². The molecule has 0 radical (unpaired) electrons. The van der Waals surface area contributed by atoms with Crippen LogP contribution < -0.4 is 10.2 Å². The van der Waals surface area contributed by atoms with E-state index in [1.54, 1.807) is 61.5 Å². The standard InChI is InChI=1S/C21H17ClN2O5S2/c1-2-28-18(25)12-29-16-9-3-13(4-10-16)11-17-20(27)24(21(30)31-17)23-19(26)14-5-7-15(22)8-6-14/h3-11H,2,12H2,1H3,(H,23,26)/b17-11-. The average molecular weight is 477 g/mol. The molecule has 1 fully saturated rings. The Morgan fingerprint density at radius 1 is 1.16 bits per heavy atom. The Morgan fingerprint density at radius 3 is 2.48 bits per heavy atom. The minimum Gasteiger partial charge on any atom is -0.482 e. The fourth-order valence-electron chi connectivity index (χ4n) is 2.49. The molecule has 0 aromatic heterocycles. The first-order valence-corrected chi connectivity index (χ1v) is 10.7. The number of halogens is 1. The summed E-state index contributed by atoms with van der Waals surface area (Å²) in [6.07, 6.45) is 1.66. The quantitative estimate of drug-likeness (QED) is 0.369. The lowest BCUT2D eigenvalue weighted by molar-refractivity contribution is -0.145. The summed E-state index contributed by atoms with van der Waals surface area (Å²) >= 11 is 12.1. The first-order chi connectivity index (χ1) is 14.9. The number of hydrogen-bond acceptors (Lipinski definition) is 7. The summed E-state index contributed by atoms with van der Waals surface area (Å²) in [7, 11) is 0. The zero-order chi connectivity index (χ0) is 22.4. The van der Waals surface area contributed by atoms with E-state index in [9.17, 15) is 14.4 Å². The normalized spacial score (nSPS) is 14.6. The molecule has 160 valence electrons. The Balaban J connectivity index is 1.63. The van der Waals surface area contributed by atoms with Gasteiger partial charge in [0.25, 0.3) is 11.8 Å². The lowest BCUT2D eigenvalue weighted by atomic mass is 10.2. The van der Waals surface area contributed by atoms with Crippen molar-refractivity contribution in [3.63, 3.8) is 0 Å². The minimum absolute atomic E-state index is 0.181. The van der Waals surface area contributed by atoms with Crippen LogP contribution >= 0.6 is 35.6 Å². The maximum absolute atomic E-state index is 12.7. The van der Waals surface area contributed by atoms with Crippen molar-refractivity contribution in [3.05, 3.63) is 69.6 Å². The van der Waals surface area contributed by atoms with Crippen molar-refractivity contribution < 1.29 is 23.9 Å². The summed E-state index contributed by atoms with van der Waals surface area (Å²) in [4.78, 5) is 36.8. The highest BCUT2D eigenvalue weighted by molar-refractivity contribution is 8.26. The molecule has 1 N–H and O–H groups in total. The van der Waals surface area contributed by atoms with Gasteiger partial charge >= 0.3 is 5.97 Å². The van der Waals surface area contributed by atoms with Crippen LogP contribution in [0.1, 0.15) is 22.8 Å². The van der Waals surface area contributed by atoms with Crippen molar-refractivity contribution in [1.82, 2.24) is 10.4 Å². The summed E-state index contributed by atoms with van der Waals surface area (Å²) in [6, 6.07) is 13.1. The van der Waals surface area contributed by atoms with Crippen molar-refractivity contribution in [2.24, 2.45) is 0 Å². The molecule has 1 heterocycles. The summed E-state index contributed by atoms with van der Waals surface area (Å²) < 4.78 is 10.4. The third-order valence-corrected chi connectivity index (χ3v) is 5.51. The van der Waals surface area contributed by atoms with Crippen molar-refractivity contribution in [2.75, 3.05) is 13.2 Å². The van der Waals surface area contributed by atoms with Crippen LogP contribution in [0, 0.1) is 0 Å². The fourth-order valence-corrected chi connectivity index (χ4v) is 3.79. The van der Waals surface area contributed by atoms with E-state index < -0.39 is 17.8 Å². The van der Waals surface area contributed by atoms with Gasteiger partial charge in [-0.3, -0.25) is 15.0 Å². The zero-order valence-corrected chi connectivity index (χ0v) is 18.7. The largest absolute Gasteiger partial charge is 0.482 e. The van der Waals surface area contributed by atoms with Crippen LogP contribution in [-0.2, 0) is 14.3 Å². The molecule has 3 rings (SSSR count). The number of amides is 2. The molecule has 1 saturated heterocycles. The van der Waals surface area contributed by atoms with Gasteiger partial charge < -0.3 is 9.47 Å². The Bertz CT molecular complexity index is 1040. The van der Waals surface area contributed by atoms with E-state index in [1.807, 2.05) is 0 Å². The van der Waals surface area contributed by atoms with Gasteiger partial charge in [-0.25, -0.2) is 4.79 Å². The Kier molecular flexibility index (Phi) is 7.67. The van der Waals surface area contributed by atoms with Gasteiger partial charge in [0.2, 0.25) is 0 Å². The molecule has 2 aromatic rings. The fraction of sp³-hybridized carbons (Fsp3) is 0.143. The van der Waals surface area contributed by atoms with Gasteiger partial charge in [0.15, 0.2) is 10.9 Å². The SMILES string of the molecule is CCOC(=O)COc1ccc(/C=C2\SC(=S)N(NC(=O)c3ccc(Cl)cc3)C2=O)cc1. The highest BCUT2D eigenvalue weighted by Crippen LogP contribution is 2.31. The summed E-state index contributed by atoms with van der Waals surface area (Å²) in [5, 5.41) is 1.54. The van der Waals surface area contributed by atoms with Crippen LogP contribution in [0.5, 0.6) is 5.75 Å². The Morgan fingerprint density at radius 2 is 1.84 bits per heavy atom. The van der Waals surface area contributed by atoms with E-state index in [0.29, 0.717) is 27.8 Å². The van der Waals surface area contributed by atoms with Crippen molar-refractivity contribution in [1.29, 1.82) is 0 Å². The van der Waals surface area contributed by atoms with Gasteiger partial charge in [-0.15, -0.1) is 0 Å². The van der Waals surface area contributed by atoms with Crippen LogP contribution in [0.3, 0.4) is 0 Å². The molecule has 1 aliphatic rings. The number of ether oxygens (including phenoxy) is 2. The number of nitrogens with zero attached hydrogens (tertiary/aromatic N) is 1. The minimum atomic E-state index is -0.475. The molecule has 0 aliphatic carbocycles. The van der Waals surface area contributed by atoms with E-state index in [0.717, 1.165) is 22.3 Å². The van der Waals surface area contributed by atoms with Crippen molar-refractivity contribution in [2.45, 2.75) is 6.92 Å². The van der Waals surface area contributed by atoms with Gasteiger partial charge in [0.1, 0.15) is 5.75 Å². The highest BCUT2D eigenvalue weighted by atomic mass is 35.5. The predicted octanol–water partition coefficient (Wildman–Crippen LogP) is 3.83. The Labute approximate surface area is 193 Å². The van der Waals surface area contributed by atoms with Crippen LogP contribution in [0.15, 0.2) is 53.4 Å². The molecule has 2 aromatic carbocycles.